The van der Waals surface area contributed by atoms with E-state index in [0.717, 1.165) is 4.47 Å². The number of methoxy groups -OCH3 is 1. The van der Waals surface area contributed by atoms with Gasteiger partial charge in [-0.2, -0.15) is 0 Å². The molecule has 0 aliphatic rings. The molecule has 0 fully saturated rings. The number of halogens is 1. The van der Waals surface area contributed by atoms with Gasteiger partial charge in [-0.05, 0) is 40.2 Å². The molecule has 100 valence electrons. The second-order valence-corrected chi connectivity index (χ2v) is 5.00. The molecule has 0 saturated carbocycles. The number of aromatic nitrogens is 2. The van der Waals surface area contributed by atoms with Crippen molar-refractivity contribution >= 4 is 44.0 Å². The lowest BCUT2D eigenvalue weighted by atomic mass is 10.1. The zero-order valence-corrected chi connectivity index (χ0v) is 12.0. The maximum Gasteiger partial charge on any atom is 0.337 e. The van der Waals surface area contributed by atoms with E-state index in [1.54, 1.807) is 31.4 Å². The van der Waals surface area contributed by atoms with Crippen LogP contribution in [-0.4, -0.2) is 28.2 Å². The van der Waals surface area contributed by atoms with Crippen LogP contribution in [0.5, 0.6) is 5.75 Å². The number of carbonyl (C=O) groups is 1. The Morgan fingerprint density at radius 3 is 2.65 bits per heavy atom. The highest BCUT2D eigenvalue weighted by Gasteiger charge is 2.14. The van der Waals surface area contributed by atoms with Crippen molar-refractivity contribution in [1.82, 2.24) is 9.97 Å². The molecular formula is C14H9BrN2O3. The highest BCUT2D eigenvalue weighted by Crippen LogP contribution is 2.31. The van der Waals surface area contributed by atoms with E-state index < -0.39 is 5.97 Å². The van der Waals surface area contributed by atoms with Crippen LogP contribution in [0.3, 0.4) is 0 Å². The number of aromatic carboxylic acids is 1. The molecule has 0 radical (unpaired) electrons. The monoisotopic (exact) mass is 332 g/mol. The normalized spacial score (nSPS) is 10.9. The topological polar surface area (TPSA) is 72.3 Å². The highest BCUT2D eigenvalue weighted by molar-refractivity contribution is 9.10. The van der Waals surface area contributed by atoms with Gasteiger partial charge < -0.3 is 9.84 Å². The Labute approximate surface area is 122 Å². The molecule has 0 spiro atoms. The van der Waals surface area contributed by atoms with Crippen molar-refractivity contribution in [1.29, 1.82) is 0 Å². The van der Waals surface area contributed by atoms with E-state index in [1.807, 2.05) is 0 Å². The van der Waals surface area contributed by atoms with E-state index in [2.05, 4.69) is 25.9 Å². The zero-order chi connectivity index (χ0) is 14.3. The summed E-state index contributed by atoms with van der Waals surface area (Å²) >= 11 is 3.40. The minimum atomic E-state index is -1.02. The molecule has 0 saturated heterocycles. The van der Waals surface area contributed by atoms with Crippen LogP contribution in [-0.2, 0) is 0 Å². The first-order valence-electron chi connectivity index (χ1n) is 5.78. The average molecular weight is 333 g/mol. The third kappa shape index (κ3) is 1.89. The molecule has 0 aliphatic carbocycles. The summed E-state index contributed by atoms with van der Waals surface area (Å²) in [6.45, 7) is 0. The number of nitrogens with zero attached hydrogens (tertiary/aromatic N) is 2. The van der Waals surface area contributed by atoms with E-state index >= 15 is 0 Å². The Kier molecular flexibility index (Phi) is 3.02. The van der Waals surface area contributed by atoms with Crippen molar-refractivity contribution in [2.75, 3.05) is 7.11 Å². The Hall–Kier alpha value is -2.21. The van der Waals surface area contributed by atoms with Crippen LogP contribution in [0, 0.1) is 0 Å². The van der Waals surface area contributed by atoms with Gasteiger partial charge in [0.15, 0.2) is 0 Å². The van der Waals surface area contributed by atoms with Crippen molar-refractivity contribution in [3.05, 3.63) is 40.4 Å². The first-order valence-corrected chi connectivity index (χ1v) is 6.57. The van der Waals surface area contributed by atoms with Crippen molar-refractivity contribution < 1.29 is 14.6 Å². The van der Waals surface area contributed by atoms with E-state index in [4.69, 9.17) is 4.74 Å². The van der Waals surface area contributed by atoms with Gasteiger partial charge in [0.2, 0.25) is 0 Å². The number of benzene rings is 2. The van der Waals surface area contributed by atoms with Gasteiger partial charge in [-0.25, -0.2) is 14.8 Å². The minimum absolute atomic E-state index is 0.131. The number of para-hydroxylation sites is 1. The van der Waals surface area contributed by atoms with Crippen LogP contribution in [0.15, 0.2) is 34.8 Å². The Balaban J connectivity index is 2.49. The van der Waals surface area contributed by atoms with Gasteiger partial charge in [-0.15, -0.1) is 0 Å². The van der Waals surface area contributed by atoms with Crippen molar-refractivity contribution in [3.63, 3.8) is 0 Å². The lowest BCUT2D eigenvalue weighted by Crippen LogP contribution is -2.01. The smallest absolute Gasteiger partial charge is 0.337 e. The summed E-state index contributed by atoms with van der Waals surface area (Å²) in [5, 5.41) is 9.22. The lowest BCUT2D eigenvalue weighted by Gasteiger charge is -2.08. The summed E-state index contributed by atoms with van der Waals surface area (Å²) in [7, 11) is 1.56. The van der Waals surface area contributed by atoms with Crippen LogP contribution in [0.25, 0.3) is 22.1 Å². The molecule has 0 atom stereocenters. The van der Waals surface area contributed by atoms with Crippen LogP contribution in [0.4, 0.5) is 0 Å². The number of carboxylic acid groups (broad SMARTS) is 1. The van der Waals surface area contributed by atoms with Crippen molar-refractivity contribution in [2.24, 2.45) is 0 Å². The Bertz CT molecular complexity index is 849. The number of fused-ring (bicyclic) bond motifs is 2. The number of carboxylic acids is 1. The average Bonchev–Trinajstić information content (AvgIpc) is 2.45. The number of ether oxygens (including phenoxy) is 1. The van der Waals surface area contributed by atoms with Gasteiger partial charge >= 0.3 is 5.97 Å². The first kappa shape index (κ1) is 12.8. The van der Waals surface area contributed by atoms with Gasteiger partial charge in [-0.1, -0.05) is 6.07 Å². The predicted molar refractivity (Wildman–Crippen MR) is 78.3 cm³/mol. The Morgan fingerprint density at radius 2 is 1.95 bits per heavy atom. The molecular weight excluding hydrogens is 324 g/mol. The molecule has 1 heterocycles. The van der Waals surface area contributed by atoms with Crippen LogP contribution >= 0.6 is 15.9 Å². The number of hydrogen-bond acceptors (Lipinski definition) is 4. The fourth-order valence-electron chi connectivity index (χ4n) is 2.06. The van der Waals surface area contributed by atoms with E-state index in [-0.39, 0.29) is 5.56 Å². The molecule has 5 nitrogen and oxygen atoms in total. The molecule has 1 aromatic heterocycles. The van der Waals surface area contributed by atoms with Gasteiger partial charge in [-0.3, -0.25) is 0 Å². The van der Waals surface area contributed by atoms with Gasteiger partial charge in [0.25, 0.3) is 0 Å². The maximum absolute atomic E-state index is 11.3. The molecule has 0 unspecified atom stereocenters. The Morgan fingerprint density at radius 1 is 1.15 bits per heavy atom. The standard InChI is InChI=1S/C14H9BrN2O3/c1-20-10-6-5-8(15)12-13(10)16-9-4-2-3-7(14(18)19)11(9)17-12/h2-6H,1H3,(H,18,19). The molecule has 2 aromatic carbocycles. The summed E-state index contributed by atoms with van der Waals surface area (Å²) in [6.07, 6.45) is 0. The van der Waals surface area contributed by atoms with E-state index in [1.165, 1.54) is 6.07 Å². The summed E-state index contributed by atoms with van der Waals surface area (Å²) in [6, 6.07) is 8.48. The second kappa shape index (κ2) is 4.72. The number of rotatable bonds is 2. The fourth-order valence-corrected chi connectivity index (χ4v) is 2.47. The van der Waals surface area contributed by atoms with Crippen LogP contribution in [0.1, 0.15) is 10.4 Å². The molecule has 0 amide bonds. The molecule has 0 aliphatic heterocycles. The summed E-state index contributed by atoms with van der Waals surface area (Å²) in [5.74, 6) is -0.429. The summed E-state index contributed by atoms with van der Waals surface area (Å²) < 4.78 is 6.01. The third-order valence-corrected chi connectivity index (χ3v) is 3.63. The SMILES string of the molecule is COc1ccc(Br)c2nc3c(C(=O)O)cccc3nc12. The summed E-state index contributed by atoms with van der Waals surface area (Å²) in [5.41, 5.74) is 2.18. The second-order valence-electron chi connectivity index (χ2n) is 4.15. The molecule has 0 bridgehead atoms. The van der Waals surface area contributed by atoms with Crippen LogP contribution < -0.4 is 4.74 Å². The largest absolute Gasteiger partial charge is 0.494 e. The number of hydrogen-bond donors (Lipinski definition) is 1. The molecule has 1 N–H and O–H groups in total. The van der Waals surface area contributed by atoms with Gasteiger partial charge in [0.1, 0.15) is 22.3 Å². The predicted octanol–water partition coefficient (Wildman–Crippen LogP) is 3.25. The van der Waals surface area contributed by atoms with E-state index in [9.17, 15) is 9.90 Å². The van der Waals surface area contributed by atoms with E-state index in [0.29, 0.717) is 27.8 Å². The highest BCUT2D eigenvalue weighted by atomic mass is 79.9. The minimum Gasteiger partial charge on any atom is -0.494 e. The maximum atomic E-state index is 11.3. The fraction of sp³-hybridized carbons (Fsp3) is 0.0714. The van der Waals surface area contributed by atoms with Gasteiger partial charge in [0, 0.05) is 4.47 Å². The zero-order valence-electron chi connectivity index (χ0n) is 10.4. The van der Waals surface area contributed by atoms with Gasteiger partial charge in [0.05, 0.1) is 18.2 Å². The van der Waals surface area contributed by atoms with Crippen molar-refractivity contribution in [3.8, 4) is 5.75 Å². The summed E-state index contributed by atoms with van der Waals surface area (Å²) in [4.78, 5) is 20.2. The first-order chi connectivity index (χ1) is 9.61. The molecule has 20 heavy (non-hydrogen) atoms. The lowest BCUT2D eigenvalue weighted by molar-refractivity contribution is 0.0699. The molecule has 6 heteroatoms. The molecule has 3 rings (SSSR count). The third-order valence-electron chi connectivity index (χ3n) is 2.99. The van der Waals surface area contributed by atoms with Crippen molar-refractivity contribution in [2.45, 2.75) is 0 Å². The van der Waals surface area contributed by atoms with Crippen LogP contribution in [0.2, 0.25) is 0 Å². The molecule has 3 aromatic rings. The quantitative estimate of drug-likeness (QED) is 0.729.